The lowest BCUT2D eigenvalue weighted by atomic mass is 9.98. The number of hydrogen-bond donors (Lipinski definition) is 1. The van der Waals surface area contributed by atoms with Gasteiger partial charge in [-0.05, 0) is 19.0 Å². The smallest absolute Gasteiger partial charge is 0.223 e. The molecule has 3 nitrogen and oxygen atoms in total. The lowest BCUT2D eigenvalue weighted by Gasteiger charge is -2.36. The maximum Gasteiger partial charge on any atom is 0.223 e. The first-order valence-electron chi connectivity index (χ1n) is 5.79. The van der Waals surface area contributed by atoms with Crippen LogP contribution in [-0.4, -0.2) is 47.5 Å². The van der Waals surface area contributed by atoms with Crippen molar-refractivity contribution in [2.45, 2.75) is 30.8 Å². The molecule has 2 saturated heterocycles. The number of nitrogens with zero attached hydrogens (tertiary/aromatic N) is 1. The average Bonchev–Trinajstić information content (AvgIpc) is 2.09. The standard InChI is InChI=1S/C11H20N2OS/c1-8-6-13(7-9(2)15-8)11(14)3-10-4-12-5-10/h8-10,12H,3-7H2,1-2H3. The number of hydrogen-bond acceptors (Lipinski definition) is 3. The van der Waals surface area contributed by atoms with Crippen molar-refractivity contribution in [3.63, 3.8) is 0 Å². The highest BCUT2D eigenvalue weighted by molar-refractivity contribution is 8.00. The molecule has 2 unspecified atom stereocenters. The minimum Gasteiger partial charge on any atom is -0.340 e. The van der Waals surface area contributed by atoms with Crippen LogP contribution >= 0.6 is 11.8 Å². The summed E-state index contributed by atoms with van der Waals surface area (Å²) in [5.74, 6) is 0.957. The fourth-order valence-corrected chi connectivity index (χ4v) is 3.58. The Hall–Kier alpha value is -0.220. The van der Waals surface area contributed by atoms with Crippen LogP contribution in [0.4, 0.5) is 0 Å². The van der Waals surface area contributed by atoms with Crippen molar-refractivity contribution in [3.05, 3.63) is 0 Å². The van der Waals surface area contributed by atoms with E-state index in [0.717, 1.165) is 32.6 Å². The molecule has 0 spiro atoms. The predicted molar refractivity (Wildman–Crippen MR) is 64.1 cm³/mol. The molecule has 0 aliphatic carbocycles. The fourth-order valence-electron chi connectivity index (χ4n) is 2.25. The van der Waals surface area contributed by atoms with E-state index in [-0.39, 0.29) is 0 Å². The van der Waals surface area contributed by atoms with E-state index >= 15 is 0 Å². The Morgan fingerprint density at radius 3 is 2.40 bits per heavy atom. The van der Waals surface area contributed by atoms with E-state index in [1.807, 2.05) is 11.8 Å². The van der Waals surface area contributed by atoms with Gasteiger partial charge in [0.05, 0.1) is 0 Å². The van der Waals surface area contributed by atoms with Gasteiger partial charge in [0.25, 0.3) is 0 Å². The molecular formula is C11H20N2OS. The monoisotopic (exact) mass is 228 g/mol. The van der Waals surface area contributed by atoms with E-state index in [2.05, 4.69) is 24.1 Å². The summed E-state index contributed by atoms with van der Waals surface area (Å²) in [5, 5.41) is 4.40. The molecule has 0 aromatic rings. The van der Waals surface area contributed by atoms with Crippen LogP contribution in [0.2, 0.25) is 0 Å². The summed E-state index contributed by atoms with van der Waals surface area (Å²) in [6, 6.07) is 0. The zero-order chi connectivity index (χ0) is 10.8. The van der Waals surface area contributed by atoms with E-state index in [4.69, 9.17) is 0 Å². The van der Waals surface area contributed by atoms with Crippen molar-refractivity contribution in [1.82, 2.24) is 10.2 Å². The van der Waals surface area contributed by atoms with Crippen LogP contribution in [0.15, 0.2) is 0 Å². The number of thioether (sulfide) groups is 1. The van der Waals surface area contributed by atoms with Gasteiger partial charge < -0.3 is 10.2 Å². The number of carbonyl (C=O) groups excluding carboxylic acids is 1. The highest BCUT2D eigenvalue weighted by Crippen LogP contribution is 2.25. The van der Waals surface area contributed by atoms with Crippen LogP contribution in [0, 0.1) is 5.92 Å². The molecule has 2 aliphatic rings. The molecule has 0 saturated carbocycles. The first-order chi connectivity index (χ1) is 7.15. The maximum atomic E-state index is 12.0. The first-order valence-corrected chi connectivity index (χ1v) is 6.73. The van der Waals surface area contributed by atoms with E-state index in [1.54, 1.807) is 0 Å². The molecule has 2 heterocycles. The summed E-state index contributed by atoms with van der Waals surface area (Å²) < 4.78 is 0. The largest absolute Gasteiger partial charge is 0.340 e. The highest BCUT2D eigenvalue weighted by atomic mass is 32.2. The molecule has 1 N–H and O–H groups in total. The Balaban J connectivity index is 1.82. The van der Waals surface area contributed by atoms with Gasteiger partial charge in [0.15, 0.2) is 0 Å². The Morgan fingerprint density at radius 1 is 1.33 bits per heavy atom. The Morgan fingerprint density at radius 2 is 1.93 bits per heavy atom. The van der Waals surface area contributed by atoms with E-state index in [9.17, 15) is 4.79 Å². The van der Waals surface area contributed by atoms with Crippen LogP contribution < -0.4 is 5.32 Å². The van der Waals surface area contributed by atoms with Crippen LogP contribution in [0.1, 0.15) is 20.3 Å². The van der Waals surface area contributed by atoms with E-state index in [1.165, 1.54) is 0 Å². The Kier molecular flexibility index (Phi) is 3.57. The number of nitrogens with one attached hydrogen (secondary N) is 1. The van der Waals surface area contributed by atoms with Gasteiger partial charge in [-0.2, -0.15) is 11.8 Å². The molecule has 86 valence electrons. The molecule has 0 aromatic heterocycles. The van der Waals surface area contributed by atoms with Crippen LogP contribution in [0.25, 0.3) is 0 Å². The zero-order valence-electron chi connectivity index (χ0n) is 9.53. The molecule has 0 aromatic carbocycles. The van der Waals surface area contributed by atoms with Crippen LogP contribution in [0.5, 0.6) is 0 Å². The maximum absolute atomic E-state index is 12.0. The summed E-state index contributed by atoms with van der Waals surface area (Å²) in [4.78, 5) is 14.0. The fraction of sp³-hybridized carbons (Fsp3) is 0.909. The molecule has 0 bridgehead atoms. The predicted octanol–water partition coefficient (Wildman–Crippen LogP) is 0.948. The molecular weight excluding hydrogens is 208 g/mol. The number of amides is 1. The van der Waals surface area contributed by atoms with Crippen molar-refractivity contribution in [3.8, 4) is 0 Å². The lowest BCUT2D eigenvalue weighted by molar-refractivity contribution is -0.132. The Bertz CT molecular complexity index is 233. The second-order valence-electron chi connectivity index (χ2n) is 4.78. The summed E-state index contributed by atoms with van der Waals surface area (Å²) >= 11 is 1.99. The third-order valence-electron chi connectivity index (χ3n) is 3.10. The van der Waals surface area contributed by atoms with Crippen molar-refractivity contribution < 1.29 is 4.79 Å². The normalized spacial score (nSPS) is 32.5. The molecule has 2 rings (SSSR count). The minimum atomic E-state index is 0.362. The van der Waals surface area contributed by atoms with Gasteiger partial charge in [0.2, 0.25) is 5.91 Å². The summed E-state index contributed by atoms with van der Waals surface area (Å²) in [5.41, 5.74) is 0. The van der Waals surface area contributed by atoms with Crippen LogP contribution in [0.3, 0.4) is 0 Å². The molecule has 1 amide bonds. The zero-order valence-corrected chi connectivity index (χ0v) is 10.3. The summed E-state index contributed by atoms with van der Waals surface area (Å²) in [7, 11) is 0. The third-order valence-corrected chi connectivity index (χ3v) is 4.33. The molecule has 4 heteroatoms. The van der Waals surface area contributed by atoms with Gasteiger partial charge in [0.1, 0.15) is 0 Å². The summed E-state index contributed by atoms with van der Waals surface area (Å²) in [6.45, 7) is 8.36. The van der Waals surface area contributed by atoms with Gasteiger partial charge in [-0.25, -0.2) is 0 Å². The van der Waals surface area contributed by atoms with E-state index < -0.39 is 0 Å². The van der Waals surface area contributed by atoms with Crippen LogP contribution in [-0.2, 0) is 4.79 Å². The van der Waals surface area contributed by atoms with Crippen molar-refractivity contribution >= 4 is 17.7 Å². The molecule has 2 atom stereocenters. The average molecular weight is 228 g/mol. The second kappa shape index (κ2) is 4.74. The molecule has 15 heavy (non-hydrogen) atoms. The van der Waals surface area contributed by atoms with Gasteiger partial charge >= 0.3 is 0 Å². The second-order valence-corrected chi connectivity index (χ2v) is 6.67. The number of rotatable bonds is 2. The SMILES string of the molecule is CC1CN(C(=O)CC2CNC2)CC(C)S1. The third kappa shape index (κ3) is 2.88. The number of carbonyl (C=O) groups is 1. The van der Waals surface area contributed by atoms with Gasteiger partial charge in [0, 0.05) is 30.0 Å². The quantitative estimate of drug-likeness (QED) is 0.764. The van der Waals surface area contributed by atoms with Gasteiger partial charge in [-0.3, -0.25) is 4.79 Å². The minimum absolute atomic E-state index is 0.362. The summed E-state index contributed by atoms with van der Waals surface area (Å²) in [6.07, 6.45) is 0.747. The first kappa shape index (κ1) is 11.3. The molecule has 2 aliphatic heterocycles. The van der Waals surface area contributed by atoms with Gasteiger partial charge in [-0.15, -0.1) is 0 Å². The van der Waals surface area contributed by atoms with E-state index in [0.29, 0.717) is 22.3 Å². The lowest BCUT2D eigenvalue weighted by Crippen LogP contribution is -2.48. The van der Waals surface area contributed by atoms with Crippen molar-refractivity contribution in [2.24, 2.45) is 5.92 Å². The van der Waals surface area contributed by atoms with Crippen molar-refractivity contribution in [2.75, 3.05) is 26.2 Å². The topological polar surface area (TPSA) is 32.3 Å². The highest BCUT2D eigenvalue weighted by Gasteiger charge is 2.28. The van der Waals surface area contributed by atoms with Crippen molar-refractivity contribution in [1.29, 1.82) is 0 Å². The molecule has 2 fully saturated rings. The molecule has 0 radical (unpaired) electrons. The van der Waals surface area contributed by atoms with Gasteiger partial charge in [-0.1, -0.05) is 13.8 Å². The Labute approximate surface area is 96.0 Å².